The van der Waals surface area contributed by atoms with Crippen molar-refractivity contribution in [2.24, 2.45) is 69.5 Å². The quantitative estimate of drug-likeness (QED) is 0.00947. The van der Waals surface area contributed by atoms with E-state index in [4.69, 9.17) is 14.2 Å². The van der Waals surface area contributed by atoms with Crippen LogP contribution in [0.4, 0.5) is 26.3 Å². The Bertz CT molecular complexity index is 4410. The number of carbonyl (C=O) groups excluding carboxylic acids is 6. The molecule has 19 rings (SSSR count). The van der Waals surface area contributed by atoms with Crippen LogP contribution >= 0.6 is 0 Å². The molecule has 16 nitrogen and oxygen atoms in total. The van der Waals surface area contributed by atoms with E-state index in [2.05, 4.69) is 160 Å². The van der Waals surface area contributed by atoms with Gasteiger partial charge in [-0.25, -0.2) is 13.2 Å². The molecule has 26 heteroatoms. The molecular formula is C95H109F6NaO16S3. The van der Waals surface area contributed by atoms with Crippen LogP contribution in [0.3, 0.4) is 0 Å². The molecule has 3 unspecified atom stereocenters. The van der Waals surface area contributed by atoms with E-state index in [1.807, 2.05) is 0 Å². The molecule has 12 fully saturated rings. The van der Waals surface area contributed by atoms with E-state index in [0.717, 1.165) is 64.9 Å². The first-order valence-corrected chi connectivity index (χ1v) is 44.5. The van der Waals surface area contributed by atoms with Gasteiger partial charge in [-0.15, -0.1) is 0 Å². The monoisotopic (exact) mass is 1740 g/mol. The van der Waals surface area contributed by atoms with Crippen LogP contribution in [0.5, 0.6) is 0 Å². The second-order valence-corrected chi connectivity index (χ2v) is 40.1. The second kappa shape index (κ2) is 40.2. The standard InChI is InChI=1S/C22H26F2O4.2C20H22F2O4.2C16H18S.CH4O4S.Na/c1-2-27-20(26)22(23,24)18(17-6-4-3-5-7-17)28-19(25)21-11-14-8-15(12-21)10-16(9-14)13-21;2*21-20(22,17(23)24)16(15-4-2-1-3-5-15)26-18(25)19-9-12-6-13(10-19)8-14(7-12)11-19;2*1-16(2,3)13-9-11-15(12-10-13)17-14-7-5-4-6-8-14;1-5-6(2,3)4;/h3-7,14-16,18H,2,8-13H2,1H3;2*1-5,12-14,16H,6-11H2,(H,23,24);2*4-12H,1-3H3;1H3,(H,2,3,4);/q;;;;;;+1/p-1. The minimum Gasteiger partial charge on any atom is -0.726 e. The molecule has 3 atom stereocenters. The number of esters is 4. The Morgan fingerprint density at radius 2 is 0.587 bits per heavy atom. The Kier molecular flexibility index (Phi) is 31.8. The number of carbonyl (C=O) groups is 6. The van der Waals surface area contributed by atoms with Gasteiger partial charge in [-0.2, -0.15) is 26.3 Å². The summed E-state index contributed by atoms with van der Waals surface area (Å²) in [5, 5.41) is 22.0. The zero-order valence-corrected chi connectivity index (χ0v) is 74.6. The summed E-state index contributed by atoms with van der Waals surface area (Å²) in [5.74, 6) is -17.0. The third-order valence-electron chi connectivity index (χ3n) is 25.2. The van der Waals surface area contributed by atoms with E-state index in [9.17, 15) is 78.3 Å². The maximum absolute atomic E-state index is 14.9. The molecular weight excluding hydrogens is 1630 g/mol. The maximum Gasteiger partial charge on any atom is 1.00 e. The average molecular weight is 1740 g/mol. The fourth-order valence-corrected chi connectivity index (χ4v) is 22.5. The number of alkyl halides is 6. The van der Waals surface area contributed by atoms with Crippen molar-refractivity contribution in [3.05, 3.63) is 228 Å². The first-order valence-electron chi connectivity index (χ1n) is 41.4. The molecule has 12 aliphatic rings. The van der Waals surface area contributed by atoms with Crippen LogP contribution in [0, 0.1) is 69.5 Å². The number of rotatable bonds is 21. The third-order valence-corrected chi connectivity index (χ3v) is 27.8. The summed E-state index contributed by atoms with van der Waals surface area (Å²) in [5.41, 5.74) is 1.14. The van der Waals surface area contributed by atoms with Crippen LogP contribution in [0.25, 0.3) is 0 Å². The summed E-state index contributed by atoms with van der Waals surface area (Å²) in [6.07, 6.45) is 9.80. The largest absolute Gasteiger partial charge is 1.00 e. The number of hydrogen-bond donors (Lipinski definition) is 0. The van der Waals surface area contributed by atoms with Crippen LogP contribution in [-0.4, -0.2) is 80.3 Å². The second-order valence-electron chi connectivity index (χ2n) is 36.4. The van der Waals surface area contributed by atoms with Crippen LogP contribution in [-0.2, 0) is 96.7 Å². The molecule has 0 spiro atoms. The zero-order valence-electron chi connectivity index (χ0n) is 70.0. The van der Waals surface area contributed by atoms with Crippen molar-refractivity contribution in [2.75, 3.05) is 13.7 Å². The minimum absolute atomic E-state index is 0. The summed E-state index contributed by atoms with van der Waals surface area (Å²) in [4.78, 5) is 78.5. The predicted molar refractivity (Wildman–Crippen MR) is 440 cm³/mol. The van der Waals surface area contributed by atoms with Crippen LogP contribution in [0.2, 0.25) is 0 Å². The number of hydrogen-bond acceptors (Lipinski definition) is 16. The van der Waals surface area contributed by atoms with E-state index in [1.54, 1.807) is 30.3 Å². The van der Waals surface area contributed by atoms with E-state index in [-0.39, 0.29) is 63.7 Å². The summed E-state index contributed by atoms with van der Waals surface area (Å²) in [7, 11) is -3.60. The molecule has 0 radical (unpaired) electrons. The minimum atomic E-state index is -4.41. The van der Waals surface area contributed by atoms with Crippen molar-refractivity contribution in [1.82, 2.24) is 0 Å². The number of halogens is 6. The maximum atomic E-state index is 14.9. The summed E-state index contributed by atoms with van der Waals surface area (Å²) >= 11 is 2.56. The number of thiol groups is 2. The predicted octanol–water partition coefficient (Wildman–Crippen LogP) is 15.0. The summed E-state index contributed by atoms with van der Waals surface area (Å²) < 4.78 is 139. The summed E-state index contributed by atoms with van der Waals surface area (Å²) in [6, 6.07) is 61.4. The number of carboxylic acids is 2. The number of carboxylic acid groups (broad SMARTS) is 2. The van der Waals surface area contributed by atoms with Crippen molar-refractivity contribution in [1.29, 1.82) is 0 Å². The first-order chi connectivity index (χ1) is 56.6. The van der Waals surface area contributed by atoms with Crippen LogP contribution in [0.15, 0.2) is 220 Å². The molecule has 0 N–H and O–H groups in total. The Labute approximate surface area is 737 Å². The van der Waals surface area contributed by atoms with Gasteiger partial charge in [0, 0.05) is 23.5 Å². The fraction of sp³-hybridized carbons (Fsp3) is 0.495. The van der Waals surface area contributed by atoms with Gasteiger partial charge >= 0.3 is 71.2 Å². The van der Waals surface area contributed by atoms with Crippen molar-refractivity contribution in [2.45, 2.75) is 231 Å². The number of ether oxygens (including phenoxy) is 4. The SMILES string of the molecule is CC(C)(C)c1ccc([SH+]c2ccccc2)cc1.CC(C)(C)c1ccc([SH+]c2ccccc2)cc1.CCOC(=O)C(F)(F)C(OC(=O)C12CC3CC(CC(C3)C1)C2)c1ccccc1.COS(=O)(=O)[O-].O=C(OC(c1ccccc1)C(F)(F)C(=O)[O-])C12CC3CC(CC(C3)C1)C2.O=C(OC(c1ccccc1)C(F)(F)C(=O)[O-])C12CC3CC(CC(C3)C1)C2.[Na+]. The van der Waals surface area contributed by atoms with Gasteiger partial charge in [-0.05, 0) is 263 Å². The van der Waals surface area contributed by atoms with Gasteiger partial charge in [0.1, 0.15) is 11.9 Å². The third kappa shape index (κ3) is 24.4. The fourth-order valence-electron chi connectivity index (χ4n) is 20.6. The Balaban J connectivity index is 0.000000158. The molecule has 7 aromatic carbocycles. The van der Waals surface area contributed by atoms with E-state index >= 15 is 0 Å². The van der Waals surface area contributed by atoms with Crippen molar-refractivity contribution in [3.63, 3.8) is 0 Å². The van der Waals surface area contributed by atoms with Crippen LogP contribution in [0.1, 0.15) is 210 Å². The van der Waals surface area contributed by atoms with Crippen LogP contribution < -0.4 is 39.8 Å². The molecule has 0 amide bonds. The zero-order chi connectivity index (χ0) is 86.8. The van der Waals surface area contributed by atoms with Gasteiger partial charge in [0.25, 0.3) is 0 Å². The van der Waals surface area contributed by atoms with Gasteiger partial charge in [0.15, 0.2) is 31.8 Å². The first kappa shape index (κ1) is 95.7. The summed E-state index contributed by atoms with van der Waals surface area (Å²) in [6.45, 7) is 14.8. The number of aliphatic carboxylic acids is 2. The van der Waals surface area contributed by atoms with Gasteiger partial charge in [-0.1, -0.05) is 193 Å². The molecule has 0 aliphatic heterocycles. The van der Waals surface area contributed by atoms with Gasteiger partial charge in [0.05, 0.1) is 30.0 Å². The molecule has 0 saturated heterocycles. The van der Waals surface area contributed by atoms with E-state index in [0.29, 0.717) is 111 Å². The molecule has 12 bridgehead atoms. The molecule has 646 valence electrons. The molecule has 7 aromatic rings. The topological polar surface area (TPSA) is 252 Å². The smallest absolute Gasteiger partial charge is 0.726 e. The Hall–Kier alpha value is -7.49. The van der Waals surface area contributed by atoms with Gasteiger partial charge in [-0.3, -0.25) is 18.6 Å². The molecule has 0 aromatic heterocycles. The van der Waals surface area contributed by atoms with Crippen molar-refractivity contribution in [3.8, 4) is 0 Å². The average Bonchev–Trinajstić information content (AvgIpc) is 0.745. The van der Waals surface area contributed by atoms with E-state index in [1.165, 1.54) is 122 Å². The Morgan fingerprint density at radius 1 is 0.380 bits per heavy atom. The van der Waals surface area contributed by atoms with E-state index < -0.39 is 98.5 Å². The van der Waals surface area contributed by atoms with Crippen molar-refractivity contribution >= 4 is 69.7 Å². The molecule has 121 heavy (non-hydrogen) atoms. The molecule has 0 heterocycles. The number of benzene rings is 7. The molecule has 12 saturated carbocycles. The Morgan fingerprint density at radius 3 is 0.785 bits per heavy atom. The van der Waals surface area contributed by atoms with Crippen molar-refractivity contribution < 1.29 is 131 Å². The van der Waals surface area contributed by atoms with Gasteiger partial charge < -0.3 is 43.3 Å². The van der Waals surface area contributed by atoms with Gasteiger partial charge in [0.2, 0.25) is 16.5 Å². The molecule has 12 aliphatic carbocycles. The normalized spacial score (nSPS) is 25.7.